The van der Waals surface area contributed by atoms with Gasteiger partial charge in [0.25, 0.3) is 0 Å². The number of hydrogen-bond donors (Lipinski definition) is 1. The maximum absolute atomic E-state index is 12.2. The predicted octanol–water partition coefficient (Wildman–Crippen LogP) is 0.499. The van der Waals surface area contributed by atoms with E-state index in [2.05, 4.69) is 10.3 Å². The number of nitrogens with zero attached hydrogens (tertiary/aromatic N) is 2. The van der Waals surface area contributed by atoms with E-state index in [0.717, 1.165) is 0 Å². The molecule has 1 unspecified atom stereocenters. The number of amides is 2. The third-order valence-electron chi connectivity index (χ3n) is 3.68. The summed E-state index contributed by atoms with van der Waals surface area (Å²) in [6.45, 7) is 2.96. The zero-order valence-electron chi connectivity index (χ0n) is 13.2. The fourth-order valence-corrected chi connectivity index (χ4v) is 2.51. The van der Waals surface area contributed by atoms with Gasteiger partial charge in [-0.15, -0.1) is 0 Å². The van der Waals surface area contributed by atoms with Gasteiger partial charge in [-0.05, 0) is 31.9 Å². The second-order valence-electron chi connectivity index (χ2n) is 5.35. The molecule has 2 heterocycles. The molecule has 1 aliphatic rings. The monoisotopic (exact) mass is 319 g/mol. The van der Waals surface area contributed by atoms with Crippen LogP contribution in [-0.2, 0) is 25.7 Å². The fourth-order valence-electron chi connectivity index (χ4n) is 2.51. The number of carbonyl (C=O) groups is 3. The number of hydrogen-bond acceptors (Lipinski definition) is 5. The third-order valence-corrected chi connectivity index (χ3v) is 3.68. The normalized spacial score (nSPS) is 17.4. The van der Waals surface area contributed by atoms with Gasteiger partial charge in [-0.2, -0.15) is 0 Å². The lowest BCUT2D eigenvalue weighted by Crippen LogP contribution is -2.48. The van der Waals surface area contributed by atoms with E-state index in [4.69, 9.17) is 4.74 Å². The number of likely N-dealkylation sites (tertiary alicyclic amines) is 1. The molecule has 1 aliphatic heterocycles. The molecule has 0 aliphatic carbocycles. The van der Waals surface area contributed by atoms with Crippen molar-refractivity contribution in [1.82, 2.24) is 15.2 Å². The zero-order valence-corrected chi connectivity index (χ0v) is 13.2. The van der Waals surface area contributed by atoms with E-state index >= 15 is 0 Å². The van der Waals surface area contributed by atoms with Gasteiger partial charge in [0.1, 0.15) is 0 Å². The van der Waals surface area contributed by atoms with Crippen molar-refractivity contribution < 1.29 is 19.1 Å². The SMILES string of the molecule is CCOC(=O)C1CCCN(C(=O)C(=O)NCc2ccccn2)C1. The van der Waals surface area contributed by atoms with Crippen molar-refractivity contribution in [1.29, 1.82) is 0 Å². The first-order chi connectivity index (χ1) is 11.1. The quantitative estimate of drug-likeness (QED) is 0.645. The Morgan fingerprint density at radius 1 is 1.39 bits per heavy atom. The number of ether oxygens (including phenoxy) is 1. The number of rotatable bonds is 4. The zero-order chi connectivity index (χ0) is 16.7. The smallest absolute Gasteiger partial charge is 0.311 e. The minimum atomic E-state index is -0.680. The largest absolute Gasteiger partial charge is 0.466 e. The van der Waals surface area contributed by atoms with Crippen LogP contribution in [0.1, 0.15) is 25.5 Å². The molecular formula is C16H21N3O4. The molecule has 1 N–H and O–H groups in total. The van der Waals surface area contributed by atoms with Crippen molar-refractivity contribution in [2.24, 2.45) is 5.92 Å². The van der Waals surface area contributed by atoms with Gasteiger partial charge in [0.2, 0.25) is 0 Å². The van der Waals surface area contributed by atoms with E-state index in [1.54, 1.807) is 25.3 Å². The number of esters is 1. The molecule has 124 valence electrons. The molecule has 2 amide bonds. The Hall–Kier alpha value is -2.44. The van der Waals surface area contributed by atoms with Crippen LogP contribution < -0.4 is 5.32 Å². The Kier molecular flexibility index (Phi) is 6.08. The van der Waals surface area contributed by atoms with Crippen molar-refractivity contribution in [3.8, 4) is 0 Å². The molecule has 0 aromatic carbocycles. The van der Waals surface area contributed by atoms with Crippen LogP contribution in [0, 0.1) is 5.92 Å². The van der Waals surface area contributed by atoms with Crippen LogP contribution in [0.5, 0.6) is 0 Å². The van der Waals surface area contributed by atoms with Crippen molar-refractivity contribution in [2.45, 2.75) is 26.3 Å². The highest BCUT2D eigenvalue weighted by Gasteiger charge is 2.31. The summed E-state index contributed by atoms with van der Waals surface area (Å²) in [6, 6.07) is 5.35. The van der Waals surface area contributed by atoms with Crippen LogP contribution in [0.3, 0.4) is 0 Å². The summed E-state index contributed by atoms with van der Waals surface area (Å²) in [5.74, 6) is -1.95. The first kappa shape index (κ1) is 16.9. The molecule has 0 saturated carbocycles. The van der Waals surface area contributed by atoms with Crippen LogP contribution in [0.15, 0.2) is 24.4 Å². The van der Waals surface area contributed by atoms with Gasteiger partial charge < -0.3 is 15.0 Å². The van der Waals surface area contributed by atoms with E-state index < -0.39 is 11.8 Å². The minimum Gasteiger partial charge on any atom is -0.466 e. The van der Waals surface area contributed by atoms with Crippen molar-refractivity contribution in [3.05, 3.63) is 30.1 Å². The summed E-state index contributed by atoms with van der Waals surface area (Å²) in [4.78, 5) is 41.4. The van der Waals surface area contributed by atoms with Crippen LogP contribution >= 0.6 is 0 Å². The van der Waals surface area contributed by atoms with E-state index in [9.17, 15) is 14.4 Å². The summed E-state index contributed by atoms with van der Waals surface area (Å²) >= 11 is 0. The van der Waals surface area contributed by atoms with Gasteiger partial charge in [-0.1, -0.05) is 6.07 Å². The van der Waals surface area contributed by atoms with Gasteiger partial charge in [0.05, 0.1) is 24.8 Å². The summed E-state index contributed by atoms with van der Waals surface area (Å²) in [6.07, 6.45) is 2.98. The molecular weight excluding hydrogens is 298 g/mol. The lowest BCUT2D eigenvalue weighted by Gasteiger charge is -2.30. The van der Waals surface area contributed by atoms with E-state index in [1.807, 2.05) is 6.07 Å². The molecule has 0 radical (unpaired) electrons. The molecule has 7 heteroatoms. The molecule has 23 heavy (non-hydrogen) atoms. The second-order valence-corrected chi connectivity index (χ2v) is 5.35. The van der Waals surface area contributed by atoms with Gasteiger partial charge >= 0.3 is 17.8 Å². The van der Waals surface area contributed by atoms with Crippen molar-refractivity contribution in [2.75, 3.05) is 19.7 Å². The second kappa shape index (κ2) is 8.26. The minimum absolute atomic E-state index is 0.195. The molecule has 7 nitrogen and oxygen atoms in total. The average Bonchev–Trinajstić information content (AvgIpc) is 2.60. The molecule has 1 aromatic heterocycles. The number of aromatic nitrogens is 1. The number of nitrogens with one attached hydrogen (secondary N) is 1. The Morgan fingerprint density at radius 3 is 2.91 bits per heavy atom. The van der Waals surface area contributed by atoms with E-state index in [1.165, 1.54) is 4.90 Å². The summed E-state index contributed by atoms with van der Waals surface area (Å²) in [5, 5.41) is 2.56. The molecule has 0 spiro atoms. The highest BCUT2D eigenvalue weighted by Crippen LogP contribution is 2.18. The Bertz CT molecular complexity index is 562. The molecule has 0 bridgehead atoms. The lowest BCUT2D eigenvalue weighted by molar-refractivity contribution is -0.154. The van der Waals surface area contributed by atoms with Crippen LogP contribution in [0.25, 0.3) is 0 Å². The van der Waals surface area contributed by atoms with Crippen LogP contribution in [-0.4, -0.2) is 47.4 Å². The maximum atomic E-state index is 12.2. The Morgan fingerprint density at radius 2 is 2.22 bits per heavy atom. The third kappa shape index (κ3) is 4.77. The fraction of sp³-hybridized carbons (Fsp3) is 0.500. The number of carbonyl (C=O) groups excluding carboxylic acids is 3. The summed E-state index contributed by atoms with van der Waals surface area (Å²) in [7, 11) is 0. The maximum Gasteiger partial charge on any atom is 0.311 e. The first-order valence-corrected chi connectivity index (χ1v) is 7.75. The Balaban J connectivity index is 1.86. The molecule has 1 aromatic rings. The van der Waals surface area contributed by atoms with Gasteiger partial charge in [-0.25, -0.2) is 0 Å². The van der Waals surface area contributed by atoms with Crippen LogP contribution in [0.4, 0.5) is 0 Å². The molecule has 1 fully saturated rings. The highest BCUT2D eigenvalue weighted by atomic mass is 16.5. The van der Waals surface area contributed by atoms with Gasteiger partial charge in [0, 0.05) is 19.3 Å². The lowest BCUT2D eigenvalue weighted by atomic mass is 9.98. The number of pyridine rings is 1. The summed E-state index contributed by atoms with van der Waals surface area (Å²) < 4.78 is 4.99. The average molecular weight is 319 g/mol. The van der Waals surface area contributed by atoms with Crippen molar-refractivity contribution >= 4 is 17.8 Å². The van der Waals surface area contributed by atoms with Gasteiger partial charge in [0.15, 0.2) is 0 Å². The van der Waals surface area contributed by atoms with Crippen LogP contribution in [0.2, 0.25) is 0 Å². The number of piperidine rings is 1. The summed E-state index contributed by atoms with van der Waals surface area (Å²) in [5.41, 5.74) is 0.677. The van der Waals surface area contributed by atoms with Gasteiger partial charge in [-0.3, -0.25) is 19.4 Å². The Labute approximate surface area is 135 Å². The highest BCUT2D eigenvalue weighted by molar-refractivity contribution is 6.35. The van der Waals surface area contributed by atoms with Crippen molar-refractivity contribution in [3.63, 3.8) is 0 Å². The predicted molar refractivity (Wildman–Crippen MR) is 82.0 cm³/mol. The van der Waals surface area contributed by atoms with E-state index in [-0.39, 0.29) is 25.0 Å². The van der Waals surface area contributed by atoms with E-state index in [0.29, 0.717) is 31.7 Å². The topological polar surface area (TPSA) is 88.6 Å². The molecule has 2 rings (SSSR count). The molecule has 1 atom stereocenters. The molecule has 1 saturated heterocycles. The standard InChI is InChI=1S/C16H21N3O4/c1-2-23-16(22)12-6-5-9-19(11-12)15(21)14(20)18-10-13-7-3-4-8-17-13/h3-4,7-8,12H,2,5-6,9-11H2,1H3,(H,18,20). The first-order valence-electron chi connectivity index (χ1n) is 7.75.